The fourth-order valence-corrected chi connectivity index (χ4v) is 1.85. The molecule has 0 fully saturated rings. The molecule has 2 rings (SSSR count). The first-order chi connectivity index (χ1) is 9.11. The van der Waals surface area contributed by atoms with Crippen molar-refractivity contribution < 1.29 is 14.6 Å². The number of carbonyl (C=O) groups is 1. The second kappa shape index (κ2) is 5.89. The molecule has 2 N–H and O–H groups in total. The molecule has 0 spiro atoms. The van der Waals surface area contributed by atoms with Gasteiger partial charge in [0.2, 0.25) is 0 Å². The van der Waals surface area contributed by atoms with Crippen molar-refractivity contribution in [2.24, 2.45) is 5.92 Å². The zero-order valence-corrected chi connectivity index (χ0v) is 11.2. The highest BCUT2D eigenvalue weighted by Gasteiger charge is 2.20. The smallest absolute Gasteiger partial charge is 0.250 e. The van der Waals surface area contributed by atoms with Crippen molar-refractivity contribution >= 4 is 12.0 Å². The Morgan fingerprint density at radius 1 is 1.42 bits per heavy atom. The Kier molecular flexibility index (Phi) is 4.22. The van der Waals surface area contributed by atoms with E-state index in [0.717, 1.165) is 11.3 Å². The van der Waals surface area contributed by atoms with Crippen LogP contribution in [0.3, 0.4) is 0 Å². The molecule has 1 aromatic carbocycles. The minimum absolute atomic E-state index is 0.0290. The van der Waals surface area contributed by atoms with Gasteiger partial charge in [-0.3, -0.25) is 4.79 Å². The molecule has 2 atom stereocenters. The molecule has 0 radical (unpaired) electrons. The summed E-state index contributed by atoms with van der Waals surface area (Å²) in [4.78, 5) is 12.1. The Balaban J connectivity index is 2.07. The molecule has 19 heavy (non-hydrogen) atoms. The number of hydrogen-bond acceptors (Lipinski definition) is 3. The molecule has 102 valence electrons. The molecule has 0 bridgehead atoms. The van der Waals surface area contributed by atoms with E-state index in [-0.39, 0.29) is 31.1 Å². The van der Waals surface area contributed by atoms with Crippen LogP contribution in [0.15, 0.2) is 29.8 Å². The average molecular weight is 261 g/mol. The first-order valence-corrected chi connectivity index (χ1v) is 6.46. The lowest BCUT2D eigenvalue weighted by atomic mass is 10.0. The third kappa shape index (κ3) is 3.15. The maximum Gasteiger partial charge on any atom is 0.250 e. The number of benzene rings is 1. The van der Waals surface area contributed by atoms with Gasteiger partial charge in [-0.15, -0.1) is 0 Å². The minimum Gasteiger partial charge on any atom is -0.488 e. The van der Waals surface area contributed by atoms with E-state index in [0.29, 0.717) is 5.57 Å². The summed E-state index contributed by atoms with van der Waals surface area (Å²) >= 11 is 0. The van der Waals surface area contributed by atoms with Gasteiger partial charge in [0.05, 0.1) is 5.57 Å². The third-order valence-corrected chi connectivity index (χ3v) is 3.42. The van der Waals surface area contributed by atoms with Crippen molar-refractivity contribution in [3.63, 3.8) is 0 Å². The lowest BCUT2D eigenvalue weighted by Crippen LogP contribution is -2.40. The largest absolute Gasteiger partial charge is 0.488 e. The topological polar surface area (TPSA) is 58.6 Å². The van der Waals surface area contributed by atoms with Gasteiger partial charge in [-0.2, -0.15) is 0 Å². The molecule has 2 unspecified atom stereocenters. The number of para-hydroxylation sites is 1. The molecule has 0 aliphatic carbocycles. The van der Waals surface area contributed by atoms with Crippen LogP contribution in [0, 0.1) is 5.92 Å². The van der Waals surface area contributed by atoms with Crippen molar-refractivity contribution in [3.05, 3.63) is 35.4 Å². The second-order valence-electron chi connectivity index (χ2n) is 4.92. The van der Waals surface area contributed by atoms with Crippen LogP contribution in [0.1, 0.15) is 19.4 Å². The third-order valence-electron chi connectivity index (χ3n) is 3.42. The van der Waals surface area contributed by atoms with Crippen LogP contribution in [-0.4, -0.2) is 30.3 Å². The lowest BCUT2D eigenvalue weighted by Gasteiger charge is -2.22. The van der Waals surface area contributed by atoms with Crippen LogP contribution in [-0.2, 0) is 4.79 Å². The molecule has 4 nitrogen and oxygen atoms in total. The lowest BCUT2D eigenvalue weighted by molar-refractivity contribution is -0.118. The first-order valence-electron chi connectivity index (χ1n) is 6.46. The summed E-state index contributed by atoms with van der Waals surface area (Å²) in [6.07, 6.45) is 1.85. The molecular formula is C15H19NO3. The van der Waals surface area contributed by atoms with Gasteiger partial charge in [0.15, 0.2) is 0 Å². The highest BCUT2D eigenvalue weighted by atomic mass is 16.5. The van der Waals surface area contributed by atoms with Gasteiger partial charge in [-0.25, -0.2) is 0 Å². The molecule has 0 saturated carbocycles. The summed E-state index contributed by atoms with van der Waals surface area (Å²) in [5.74, 6) is 0.694. The van der Waals surface area contributed by atoms with Gasteiger partial charge >= 0.3 is 0 Å². The molecule has 1 aliphatic rings. The summed E-state index contributed by atoms with van der Waals surface area (Å²) < 4.78 is 5.55. The maximum absolute atomic E-state index is 12.1. The van der Waals surface area contributed by atoms with Crippen molar-refractivity contribution in [2.45, 2.75) is 19.9 Å². The fraction of sp³-hybridized carbons (Fsp3) is 0.400. The number of amides is 1. The molecule has 0 aromatic heterocycles. The number of carbonyl (C=O) groups excluding carboxylic acids is 1. The molecule has 4 heteroatoms. The highest BCUT2D eigenvalue weighted by molar-refractivity contribution is 5.99. The van der Waals surface area contributed by atoms with E-state index in [9.17, 15) is 4.79 Å². The standard InChI is InChI=1S/C15H19NO3/c1-10(8-17)11(2)16-15(18)13-7-12-5-3-4-6-14(12)19-9-13/h3-7,10-11,17H,8-9H2,1-2H3,(H,16,18). The van der Waals surface area contributed by atoms with Gasteiger partial charge in [-0.1, -0.05) is 25.1 Å². The quantitative estimate of drug-likeness (QED) is 0.865. The Bertz CT molecular complexity index is 496. The number of rotatable bonds is 4. The van der Waals surface area contributed by atoms with E-state index in [1.807, 2.05) is 44.2 Å². The van der Waals surface area contributed by atoms with E-state index >= 15 is 0 Å². The molecule has 1 amide bonds. The van der Waals surface area contributed by atoms with E-state index in [2.05, 4.69) is 5.32 Å². The van der Waals surface area contributed by atoms with Crippen molar-refractivity contribution in [1.82, 2.24) is 5.32 Å². The Labute approximate surface area is 113 Å². The summed E-state index contributed by atoms with van der Waals surface area (Å²) in [6, 6.07) is 7.55. The number of fused-ring (bicyclic) bond motifs is 1. The molecule has 0 saturated heterocycles. The predicted octanol–water partition coefficient (Wildman–Crippen LogP) is 1.60. The highest BCUT2D eigenvalue weighted by Crippen LogP contribution is 2.25. The van der Waals surface area contributed by atoms with Crippen molar-refractivity contribution in [1.29, 1.82) is 0 Å². The zero-order valence-electron chi connectivity index (χ0n) is 11.2. The van der Waals surface area contributed by atoms with Crippen LogP contribution >= 0.6 is 0 Å². The average Bonchev–Trinajstić information content (AvgIpc) is 2.45. The molecule has 1 aromatic rings. The van der Waals surface area contributed by atoms with E-state index in [4.69, 9.17) is 9.84 Å². The summed E-state index contributed by atoms with van der Waals surface area (Å²) in [5, 5.41) is 12.0. The minimum atomic E-state index is -0.137. The van der Waals surface area contributed by atoms with Crippen LogP contribution in [0.2, 0.25) is 0 Å². The number of ether oxygens (including phenoxy) is 1. The van der Waals surface area contributed by atoms with Gasteiger partial charge in [0.1, 0.15) is 12.4 Å². The van der Waals surface area contributed by atoms with Crippen LogP contribution in [0.4, 0.5) is 0 Å². The summed E-state index contributed by atoms with van der Waals surface area (Å²) in [6.45, 7) is 4.12. The molecule has 1 aliphatic heterocycles. The number of nitrogens with one attached hydrogen (secondary N) is 1. The van der Waals surface area contributed by atoms with Crippen LogP contribution in [0.5, 0.6) is 5.75 Å². The van der Waals surface area contributed by atoms with Crippen molar-refractivity contribution in [3.8, 4) is 5.75 Å². The normalized spacial score (nSPS) is 16.7. The second-order valence-corrected chi connectivity index (χ2v) is 4.92. The van der Waals surface area contributed by atoms with Gasteiger partial charge in [0.25, 0.3) is 5.91 Å². The molecule has 1 heterocycles. The first kappa shape index (κ1) is 13.6. The fourth-order valence-electron chi connectivity index (χ4n) is 1.85. The van der Waals surface area contributed by atoms with Crippen molar-refractivity contribution in [2.75, 3.05) is 13.2 Å². The predicted molar refractivity (Wildman–Crippen MR) is 73.8 cm³/mol. The summed E-state index contributed by atoms with van der Waals surface area (Å²) in [5.41, 5.74) is 1.53. The van der Waals surface area contributed by atoms with E-state index in [1.54, 1.807) is 0 Å². The van der Waals surface area contributed by atoms with E-state index < -0.39 is 0 Å². The van der Waals surface area contributed by atoms with E-state index in [1.165, 1.54) is 0 Å². The molecular weight excluding hydrogens is 242 g/mol. The maximum atomic E-state index is 12.1. The van der Waals surface area contributed by atoms with Gasteiger partial charge in [0, 0.05) is 18.2 Å². The Morgan fingerprint density at radius 2 is 2.16 bits per heavy atom. The zero-order chi connectivity index (χ0) is 13.8. The Hall–Kier alpha value is -1.81. The Morgan fingerprint density at radius 3 is 2.89 bits per heavy atom. The SMILES string of the molecule is CC(CO)C(C)NC(=O)C1=Cc2ccccc2OC1. The number of aliphatic hydroxyl groups excluding tert-OH is 1. The number of hydrogen-bond donors (Lipinski definition) is 2. The van der Waals surface area contributed by atoms with Gasteiger partial charge in [-0.05, 0) is 25.0 Å². The summed E-state index contributed by atoms with van der Waals surface area (Å²) in [7, 11) is 0. The van der Waals surface area contributed by atoms with Gasteiger partial charge < -0.3 is 15.2 Å². The van der Waals surface area contributed by atoms with Crippen LogP contribution < -0.4 is 10.1 Å². The van der Waals surface area contributed by atoms with Crippen LogP contribution in [0.25, 0.3) is 6.08 Å². The number of aliphatic hydroxyl groups is 1. The monoisotopic (exact) mass is 261 g/mol.